The Labute approximate surface area is 144 Å². The normalized spacial score (nSPS) is 11.5. The van der Waals surface area contributed by atoms with Gasteiger partial charge in [0.15, 0.2) is 0 Å². The Kier molecular flexibility index (Phi) is 3.61. The van der Waals surface area contributed by atoms with E-state index in [0.717, 1.165) is 22.3 Å². The first-order valence-corrected chi connectivity index (χ1v) is 8.21. The van der Waals surface area contributed by atoms with Crippen LogP contribution in [-0.4, -0.2) is 7.11 Å². The van der Waals surface area contributed by atoms with Crippen molar-refractivity contribution in [2.75, 3.05) is 7.11 Å². The number of methoxy groups -OCH3 is 1. The first-order valence-electron chi connectivity index (χ1n) is 8.21. The highest BCUT2D eigenvalue weighted by Gasteiger charge is 2.17. The van der Waals surface area contributed by atoms with Crippen LogP contribution in [0.3, 0.4) is 0 Å². The average Bonchev–Trinajstić information content (AvgIpc) is 3.07. The van der Waals surface area contributed by atoms with Crippen LogP contribution < -0.4 is 10.2 Å². The van der Waals surface area contributed by atoms with Gasteiger partial charge >= 0.3 is 0 Å². The lowest BCUT2D eigenvalue weighted by atomic mass is 10.0. The second-order valence-electron chi connectivity index (χ2n) is 6.34. The van der Waals surface area contributed by atoms with Crippen molar-refractivity contribution < 1.29 is 13.6 Å². The maximum absolute atomic E-state index is 13.0. The van der Waals surface area contributed by atoms with E-state index in [4.69, 9.17) is 13.6 Å². The third kappa shape index (κ3) is 2.41. The van der Waals surface area contributed by atoms with Gasteiger partial charge in [0.2, 0.25) is 5.43 Å². The fraction of sp³-hybridized carbons (Fsp3) is 0.190. The molecule has 4 aromatic rings. The Morgan fingerprint density at radius 1 is 1.00 bits per heavy atom. The summed E-state index contributed by atoms with van der Waals surface area (Å²) >= 11 is 0. The Morgan fingerprint density at radius 2 is 1.80 bits per heavy atom. The van der Waals surface area contributed by atoms with E-state index < -0.39 is 0 Å². The van der Waals surface area contributed by atoms with Crippen LogP contribution in [0.15, 0.2) is 62.4 Å². The third-order valence-electron chi connectivity index (χ3n) is 4.42. The maximum Gasteiger partial charge on any atom is 0.200 e. The zero-order valence-corrected chi connectivity index (χ0v) is 14.3. The molecule has 0 saturated heterocycles. The van der Waals surface area contributed by atoms with Gasteiger partial charge in [0.1, 0.15) is 28.9 Å². The van der Waals surface area contributed by atoms with E-state index in [1.54, 1.807) is 13.2 Å². The number of fused-ring (bicyclic) bond motifs is 3. The summed E-state index contributed by atoms with van der Waals surface area (Å²) in [6, 6.07) is 13.0. The minimum Gasteiger partial charge on any atom is -0.496 e. The summed E-state index contributed by atoms with van der Waals surface area (Å²) in [6.45, 7) is 4.13. The van der Waals surface area contributed by atoms with E-state index in [0.29, 0.717) is 22.3 Å². The molecule has 4 heteroatoms. The van der Waals surface area contributed by atoms with Gasteiger partial charge in [-0.05, 0) is 24.3 Å². The Balaban J connectivity index is 2.00. The summed E-state index contributed by atoms with van der Waals surface area (Å²) in [5.41, 5.74) is 2.40. The fourth-order valence-corrected chi connectivity index (χ4v) is 3.07. The summed E-state index contributed by atoms with van der Waals surface area (Å²) in [7, 11) is 1.59. The molecule has 0 atom stereocenters. The minimum atomic E-state index is -0.0834. The fourth-order valence-electron chi connectivity index (χ4n) is 3.07. The molecule has 2 aromatic carbocycles. The predicted octanol–water partition coefficient (Wildman–Crippen LogP) is 5.34. The highest BCUT2D eigenvalue weighted by atomic mass is 16.5. The zero-order chi connectivity index (χ0) is 17.6. The van der Waals surface area contributed by atoms with Gasteiger partial charge in [-0.1, -0.05) is 32.0 Å². The molecular weight excluding hydrogens is 316 g/mol. The van der Waals surface area contributed by atoms with Crippen molar-refractivity contribution in [1.29, 1.82) is 0 Å². The molecule has 0 N–H and O–H groups in total. The van der Waals surface area contributed by atoms with Crippen LogP contribution in [0.2, 0.25) is 0 Å². The molecule has 25 heavy (non-hydrogen) atoms. The molecule has 4 rings (SSSR count). The van der Waals surface area contributed by atoms with Gasteiger partial charge in [-0.3, -0.25) is 4.79 Å². The molecule has 0 amide bonds. The second-order valence-corrected chi connectivity index (χ2v) is 6.34. The molecule has 0 aliphatic carbocycles. The summed E-state index contributed by atoms with van der Waals surface area (Å²) in [5, 5.41) is 1.36. The number of rotatable bonds is 3. The van der Waals surface area contributed by atoms with Gasteiger partial charge in [-0.25, -0.2) is 0 Å². The van der Waals surface area contributed by atoms with Crippen molar-refractivity contribution in [3.05, 3.63) is 64.7 Å². The molecule has 0 fully saturated rings. The average molecular weight is 334 g/mol. The molecule has 0 unspecified atom stereocenters. The molecule has 126 valence electrons. The summed E-state index contributed by atoms with van der Waals surface area (Å²) in [6.07, 6.45) is 1.50. The Hall–Kier alpha value is -3.01. The van der Waals surface area contributed by atoms with E-state index in [9.17, 15) is 4.79 Å². The van der Waals surface area contributed by atoms with E-state index in [1.807, 2.05) is 36.4 Å². The van der Waals surface area contributed by atoms with Crippen molar-refractivity contribution in [3.8, 4) is 16.9 Å². The highest BCUT2D eigenvalue weighted by molar-refractivity contribution is 6.03. The van der Waals surface area contributed by atoms with Crippen molar-refractivity contribution in [3.63, 3.8) is 0 Å². The van der Waals surface area contributed by atoms with Crippen LogP contribution >= 0.6 is 0 Å². The van der Waals surface area contributed by atoms with Crippen LogP contribution in [0, 0.1) is 0 Å². The lowest BCUT2D eigenvalue weighted by Gasteiger charge is -2.08. The van der Waals surface area contributed by atoms with Gasteiger partial charge in [0.05, 0.1) is 23.4 Å². The monoisotopic (exact) mass is 334 g/mol. The van der Waals surface area contributed by atoms with Crippen molar-refractivity contribution in [2.45, 2.75) is 19.8 Å². The highest BCUT2D eigenvalue weighted by Crippen LogP contribution is 2.33. The molecule has 0 aliphatic rings. The van der Waals surface area contributed by atoms with Crippen LogP contribution in [0.4, 0.5) is 0 Å². The van der Waals surface area contributed by atoms with Crippen molar-refractivity contribution in [2.24, 2.45) is 0 Å². The largest absolute Gasteiger partial charge is 0.496 e. The standard InChI is InChI=1S/C21H18O4/c1-12(2)19-10-15-18(25-19)9-8-14-20(22)16(11-24-21(14)15)13-6-4-5-7-17(13)23-3/h4-12H,1-3H3. The van der Waals surface area contributed by atoms with E-state index in [1.165, 1.54) is 6.26 Å². The van der Waals surface area contributed by atoms with Crippen LogP contribution in [-0.2, 0) is 0 Å². The number of hydrogen-bond donors (Lipinski definition) is 0. The Bertz CT molecular complexity index is 1130. The number of ether oxygens (including phenoxy) is 1. The molecule has 4 nitrogen and oxygen atoms in total. The molecule has 0 saturated carbocycles. The second kappa shape index (κ2) is 5.81. The van der Waals surface area contributed by atoms with Crippen molar-refractivity contribution >= 4 is 21.9 Å². The first-order chi connectivity index (χ1) is 12.1. The van der Waals surface area contributed by atoms with E-state index in [2.05, 4.69) is 13.8 Å². The lowest BCUT2D eigenvalue weighted by molar-refractivity contribution is 0.416. The maximum atomic E-state index is 13.0. The molecule has 2 heterocycles. The number of para-hydroxylation sites is 1. The van der Waals surface area contributed by atoms with Gasteiger partial charge < -0.3 is 13.6 Å². The Morgan fingerprint density at radius 3 is 2.56 bits per heavy atom. The van der Waals surface area contributed by atoms with Crippen LogP contribution in [0.1, 0.15) is 25.5 Å². The van der Waals surface area contributed by atoms with Crippen molar-refractivity contribution in [1.82, 2.24) is 0 Å². The van der Waals surface area contributed by atoms with Crippen LogP contribution in [0.25, 0.3) is 33.1 Å². The summed E-state index contributed by atoms with van der Waals surface area (Å²) < 4.78 is 17.1. The SMILES string of the molecule is COc1ccccc1-c1coc2c(ccc3oc(C(C)C)cc32)c1=O. The first kappa shape index (κ1) is 15.5. The van der Waals surface area contributed by atoms with Gasteiger partial charge in [0.25, 0.3) is 0 Å². The quantitative estimate of drug-likeness (QED) is 0.507. The smallest absolute Gasteiger partial charge is 0.200 e. The molecule has 0 aliphatic heterocycles. The lowest BCUT2D eigenvalue weighted by Crippen LogP contribution is -2.05. The molecule has 0 spiro atoms. The summed E-state index contributed by atoms with van der Waals surface area (Å²) in [5.74, 6) is 1.78. The van der Waals surface area contributed by atoms with E-state index in [-0.39, 0.29) is 11.3 Å². The van der Waals surface area contributed by atoms with Gasteiger partial charge in [-0.2, -0.15) is 0 Å². The number of benzene rings is 2. The molecule has 0 radical (unpaired) electrons. The molecule has 2 aromatic heterocycles. The summed E-state index contributed by atoms with van der Waals surface area (Å²) in [4.78, 5) is 13.0. The van der Waals surface area contributed by atoms with E-state index >= 15 is 0 Å². The zero-order valence-electron chi connectivity index (χ0n) is 14.3. The minimum absolute atomic E-state index is 0.0834. The van der Waals surface area contributed by atoms with Gasteiger partial charge in [0, 0.05) is 11.5 Å². The topological polar surface area (TPSA) is 52.6 Å². The molecule has 0 bridgehead atoms. The number of furan rings is 1. The van der Waals surface area contributed by atoms with Crippen LogP contribution in [0.5, 0.6) is 5.75 Å². The predicted molar refractivity (Wildman–Crippen MR) is 98.3 cm³/mol. The third-order valence-corrected chi connectivity index (χ3v) is 4.42. The number of hydrogen-bond acceptors (Lipinski definition) is 4. The van der Waals surface area contributed by atoms with Gasteiger partial charge in [-0.15, -0.1) is 0 Å². The molecular formula is C21H18O4.